The van der Waals surface area contributed by atoms with Crippen LogP contribution < -0.4 is 5.73 Å². The average Bonchev–Trinajstić information content (AvgIpc) is 2.09. The molecule has 0 rings (SSSR count). The highest BCUT2D eigenvalue weighted by Gasteiger charge is 2.15. The van der Waals surface area contributed by atoms with Gasteiger partial charge in [0.2, 0.25) is 0 Å². The molecule has 90 valence electrons. The van der Waals surface area contributed by atoms with E-state index in [0.29, 0.717) is 6.42 Å². The number of rotatable bonds is 6. The van der Waals surface area contributed by atoms with Crippen LogP contribution in [-0.2, 0) is 9.53 Å². The van der Waals surface area contributed by atoms with Crippen molar-refractivity contribution in [1.29, 1.82) is 0 Å². The number of carbonyl (C=O) groups excluding carboxylic acids is 1. The van der Waals surface area contributed by atoms with Crippen LogP contribution in [0.4, 0.5) is 0 Å². The molecule has 0 aromatic rings. The van der Waals surface area contributed by atoms with Crippen LogP contribution in [-0.4, -0.2) is 29.1 Å². The molecular formula is C11H23NO2S. The lowest BCUT2D eigenvalue weighted by molar-refractivity contribution is -0.154. The Hall–Kier alpha value is -0.220. The highest BCUT2D eigenvalue weighted by atomic mass is 32.2. The molecule has 0 bridgehead atoms. The molecule has 0 aromatic carbocycles. The molecular weight excluding hydrogens is 210 g/mol. The van der Waals surface area contributed by atoms with E-state index >= 15 is 0 Å². The molecule has 0 aliphatic carbocycles. The molecule has 15 heavy (non-hydrogen) atoms. The first-order valence-electron chi connectivity index (χ1n) is 5.40. The fourth-order valence-corrected chi connectivity index (χ4v) is 1.92. The van der Waals surface area contributed by atoms with Gasteiger partial charge in [0.25, 0.3) is 0 Å². The molecule has 0 spiro atoms. The van der Waals surface area contributed by atoms with Crippen LogP contribution in [0.5, 0.6) is 0 Å². The lowest BCUT2D eigenvalue weighted by atomic mass is 10.2. The zero-order chi connectivity index (χ0) is 11.9. The first-order valence-corrected chi connectivity index (χ1v) is 6.55. The second kappa shape index (κ2) is 7.12. The molecule has 0 fully saturated rings. The fraction of sp³-hybridized carbons (Fsp3) is 0.909. The molecule has 1 unspecified atom stereocenters. The Balaban J connectivity index is 3.48. The fourth-order valence-electron chi connectivity index (χ4n) is 0.901. The van der Waals surface area contributed by atoms with E-state index < -0.39 is 0 Å². The second-order valence-corrected chi connectivity index (χ2v) is 5.73. The van der Waals surface area contributed by atoms with Gasteiger partial charge in [-0.2, -0.15) is 11.8 Å². The number of thioether (sulfide) groups is 1. The van der Waals surface area contributed by atoms with E-state index in [2.05, 4.69) is 6.92 Å². The summed E-state index contributed by atoms with van der Waals surface area (Å²) in [5.74, 6) is 1.59. The van der Waals surface area contributed by atoms with Crippen LogP contribution in [0.3, 0.4) is 0 Å². The molecule has 1 atom stereocenters. The molecule has 3 nitrogen and oxygen atoms in total. The van der Waals surface area contributed by atoms with E-state index in [4.69, 9.17) is 10.5 Å². The quantitative estimate of drug-likeness (QED) is 0.564. The average molecular weight is 233 g/mol. The topological polar surface area (TPSA) is 52.3 Å². The Morgan fingerprint density at radius 3 is 2.53 bits per heavy atom. The highest BCUT2D eigenvalue weighted by Crippen LogP contribution is 2.11. The Bertz CT molecular complexity index is 190. The van der Waals surface area contributed by atoms with Crippen molar-refractivity contribution in [3.8, 4) is 0 Å². The van der Waals surface area contributed by atoms with Gasteiger partial charge in [0, 0.05) is 17.5 Å². The van der Waals surface area contributed by atoms with Crippen molar-refractivity contribution in [2.45, 2.75) is 52.2 Å². The summed E-state index contributed by atoms with van der Waals surface area (Å²) in [5, 5.41) is 0. The molecule has 0 saturated carbocycles. The Kier molecular flexibility index (Phi) is 7.02. The predicted molar refractivity (Wildman–Crippen MR) is 66.1 cm³/mol. The zero-order valence-corrected chi connectivity index (χ0v) is 11.0. The van der Waals surface area contributed by atoms with E-state index in [1.807, 2.05) is 20.8 Å². The number of hydrogen-bond acceptors (Lipinski definition) is 4. The summed E-state index contributed by atoms with van der Waals surface area (Å²) in [5.41, 5.74) is 5.38. The van der Waals surface area contributed by atoms with Gasteiger partial charge >= 0.3 is 5.97 Å². The molecule has 0 radical (unpaired) electrons. The third-order valence-electron chi connectivity index (χ3n) is 1.73. The number of hydrogen-bond donors (Lipinski definition) is 1. The van der Waals surface area contributed by atoms with Crippen LogP contribution in [0.15, 0.2) is 0 Å². The number of ether oxygens (including phenoxy) is 1. The zero-order valence-electron chi connectivity index (χ0n) is 10.2. The number of esters is 1. The van der Waals surface area contributed by atoms with E-state index in [1.165, 1.54) is 0 Å². The SMILES string of the molecule is CCC(N)CSCCC(=O)OC(C)(C)C. The van der Waals surface area contributed by atoms with Crippen molar-refractivity contribution in [2.75, 3.05) is 11.5 Å². The van der Waals surface area contributed by atoms with Crippen molar-refractivity contribution >= 4 is 17.7 Å². The number of nitrogens with two attached hydrogens (primary N) is 1. The molecule has 0 aliphatic heterocycles. The molecule has 0 heterocycles. The van der Waals surface area contributed by atoms with Gasteiger partial charge < -0.3 is 10.5 Å². The van der Waals surface area contributed by atoms with Crippen molar-refractivity contribution in [2.24, 2.45) is 5.73 Å². The largest absolute Gasteiger partial charge is 0.460 e. The predicted octanol–water partition coefficient (Wildman–Crippen LogP) is 2.19. The number of carbonyl (C=O) groups is 1. The normalized spacial score (nSPS) is 13.7. The molecule has 0 amide bonds. The summed E-state index contributed by atoms with van der Waals surface area (Å²) in [4.78, 5) is 11.3. The van der Waals surface area contributed by atoms with Crippen molar-refractivity contribution in [1.82, 2.24) is 0 Å². The van der Waals surface area contributed by atoms with Crippen LogP contribution in [0.2, 0.25) is 0 Å². The minimum absolute atomic E-state index is 0.125. The van der Waals surface area contributed by atoms with Crippen LogP contribution in [0.25, 0.3) is 0 Å². The Labute approximate surface area is 97.1 Å². The summed E-state index contributed by atoms with van der Waals surface area (Å²) in [6, 6.07) is 0.244. The monoisotopic (exact) mass is 233 g/mol. The standard InChI is InChI=1S/C11H23NO2S/c1-5-9(12)8-15-7-6-10(13)14-11(2,3)4/h9H,5-8,12H2,1-4H3. The third kappa shape index (κ3) is 10.1. The van der Waals surface area contributed by atoms with Gasteiger partial charge in [-0.3, -0.25) is 4.79 Å². The lowest BCUT2D eigenvalue weighted by Gasteiger charge is -2.19. The van der Waals surface area contributed by atoms with Gasteiger partial charge in [-0.15, -0.1) is 0 Å². The molecule has 4 heteroatoms. The third-order valence-corrected chi connectivity index (χ3v) is 2.88. The van der Waals surface area contributed by atoms with E-state index in [1.54, 1.807) is 11.8 Å². The van der Waals surface area contributed by atoms with Gasteiger partial charge in [0.15, 0.2) is 0 Å². The van der Waals surface area contributed by atoms with Crippen molar-refractivity contribution < 1.29 is 9.53 Å². The Morgan fingerprint density at radius 2 is 2.07 bits per heavy atom. The van der Waals surface area contributed by atoms with E-state index in [9.17, 15) is 4.79 Å². The summed E-state index contributed by atoms with van der Waals surface area (Å²) >= 11 is 1.71. The summed E-state index contributed by atoms with van der Waals surface area (Å²) < 4.78 is 5.19. The van der Waals surface area contributed by atoms with E-state index in [-0.39, 0.29) is 17.6 Å². The van der Waals surface area contributed by atoms with Crippen molar-refractivity contribution in [3.05, 3.63) is 0 Å². The smallest absolute Gasteiger partial charge is 0.307 e. The second-order valence-electron chi connectivity index (χ2n) is 4.58. The highest BCUT2D eigenvalue weighted by molar-refractivity contribution is 7.99. The molecule has 0 aliphatic rings. The first-order chi connectivity index (χ1) is 6.85. The Morgan fingerprint density at radius 1 is 1.47 bits per heavy atom. The van der Waals surface area contributed by atoms with Gasteiger partial charge in [-0.25, -0.2) is 0 Å². The first kappa shape index (κ1) is 14.8. The summed E-state index contributed by atoms with van der Waals surface area (Å²) in [6.45, 7) is 7.71. The minimum atomic E-state index is -0.373. The summed E-state index contributed by atoms with van der Waals surface area (Å²) in [6.07, 6.45) is 1.46. The maximum absolute atomic E-state index is 11.3. The van der Waals surface area contributed by atoms with E-state index in [0.717, 1.165) is 17.9 Å². The van der Waals surface area contributed by atoms with Crippen molar-refractivity contribution in [3.63, 3.8) is 0 Å². The molecule has 2 N–H and O–H groups in total. The van der Waals surface area contributed by atoms with Gasteiger partial charge in [0.1, 0.15) is 5.60 Å². The maximum Gasteiger partial charge on any atom is 0.307 e. The lowest BCUT2D eigenvalue weighted by Crippen LogP contribution is -2.24. The molecule has 0 aromatic heterocycles. The van der Waals surface area contributed by atoms with Crippen LogP contribution >= 0.6 is 11.8 Å². The molecule has 0 saturated heterocycles. The van der Waals surface area contributed by atoms with Crippen LogP contribution in [0.1, 0.15) is 40.5 Å². The van der Waals surface area contributed by atoms with Gasteiger partial charge in [-0.1, -0.05) is 6.92 Å². The maximum atomic E-state index is 11.3. The van der Waals surface area contributed by atoms with Gasteiger partial charge in [0.05, 0.1) is 6.42 Å². The minimum Gasteiger partial charge on any atom is -0.460 e. The van der Waals surface area contributed by atoms with Crippen LogP contribution in [0, 0.1) is 0 Å². The summed E-state index contributed by atoms with van der Waals surface area (Å²) in [7, 11) is 0. The van der Waals surface area contributed by atoms with Gasteiger partial charge in [-0.05, 0) is 27.2 Å².